The maximum Gasteiger partial charge on any atom is 0.263 e. The van der Waals surface area contributed by atoms with Crippen LogP contribution in [0.3, 0.4) is 0 Å². The van der Waals surface area contributed by atoms with Crippen molar-refractivity contribution in [2.45, 2.75) is 32.7 Å². The number of thiazole rings is 1. The van der Waals surface area contributed by atoms with E-state index < -0.39 is 0 Å². The Morgan fingerprint density at radius 3 is 2.55 bits per heavy atom. The van der Waals surface area contributed by atoms with Crippen LogP contribution in [0.15, 0.2) is 41.1 Å². The van der Waals surface area contributed by atoms with Gasteiger partial charge in [-0.2, -0.15) is 11.3 Å². The number of aryl methyl sites for hydroxylation is 1. The summed E-state index contributed by atoms with van der Waals surface area (Å²) in [7, 11) is 0. The number of nitrogens with zero attached hydrogens (tertiary/aromatic N) is 2. The Bertz CT molecular complexity index is 988. The highest BCUT2D eigenvalue weighted by Gasteiger charge is 2.18. The molecule has 3 aromatic rings. The van der Waals surface area contributed by atoms with E-state index in [4.69, 9.17) is 0 Å². The van der Waals surface area contributed by atoms with Crippen LogP contribution in [-0.2, 0) is 6.54 Å². The first-order chi connectivity index (χ1) is 14.1. The summed E-state index contributed by atoms with van der Waals surface area (Å²) in [5.41, 5.74) is 3.47. The predicted octanol–water partition coefficient (Wildman–Crippen LogP) is 4.74. The number of aromatic nitrogens is 1. The molecular weight excluding hydrogens is 402 g/mol. The second-order valence-corrected chi connectivity index (χ2v) is 8.96. The summed E-state index contributed by atoms with van der Waals surface area (Å²) in [6, 6.07) is 9.54. The second-order valence-electron chi connectivity index (χ2n) is 7.18. The fourth-order valence-corrected chi connectivity index (χ4v) is 5.12. The Hall–Kier alpha value is -2.51. The zero-order valence-corrected chi connectivity index (χ0v) is 17.9. The molecule has 1 N–H and O–H groups in total. The van der Waals surface area contributed by atoms with E-state index in [0.717, 1.165) is 47.8 Å². The summed E-state index contributed by atoms with van der Waals surface area (Å²) in [4.78, 5) is 32.3. The van der Waals surface area contributed by atoms with E-state index in [9.17, 15) is 9.59 Å². The van der Waals surface area contributed by atoms with Gasteiger partial charge in [0.1, 0.15) is 9.88 Å². The molecular formula is C22H23N3O2S2. The van der Waals surface area contributed by atoms with Gasteiger partial charge in [0.25, 0.3) is 11.8 Å². The Morgan fingerprint density at radius 1 is 1.10 bits per heavy atom. The number of hydrogen-bond acceptors (Lipinski definition) is 5. The summed E-state index contributed by atoms with van der Waals surface area (Å²) < 4.78 is 0. The van der Waals surface area contributed by atoms with Crippen LogP contribution >= 0.6 is 22.7 Å². The Kier molecular flexibility index (Phi) is 6.06. The molecule has 1 saturated heterocycles. The number of likely N-dealkylation sites (tertiary alicyclic amines) is 1. The monoisotopic (exact) mass is 425 g/mol. The smallest absolute Gasteiger partial charge is 0.263 e. The predicted molar refractivity (Wildman–Crippen MR) is 118 cm³/mol. The lowest BCUT2D eigenvalue weighted by molar-refractivity contribution is 0.0724. The highest BCUT2D eigenvalue weighted by Crippen LogP contribution is 2.29. The molecule has 0 radical (unpaired) electrons. The van der Waals surface area contributed by atoms with Crippen molar-refractivity contribution in [1.82, 2.24) is 15.2 Å². The van der Waals surface area contributed by atoms with E-state index in [1.807, 2.05) is 52.9 Å². The molecule has 0 saturated carbocycles. The van der Waals surface area contributed by atoms with Crippen LogP contribution in [0.1, 0.15) is 50.5 Å². The Balaban J connectivity index is 1.36. The molecule has 3 heterocycles. The quantitative estimate of drug-likeness (QED) is 0.642. The third kappa shape index (κ3) is 4.57. The van der Waals surface area contributed by atoms with Crippen LogP contribution in [0.5, 0.6) is 0 Å². The Morgan fingerprint density at radius 2 is 1.86 bits per heavy atom. The van der Waals surface area contributed by atoms with Gasteiger partial charge in [-0.1, -0.05) is 12.1 Å². The molecule has 5 nitrogen and oxygen atoms in total. The minimum Gasteiger partial charge on any atom is -0.347 e. The van der Waals surface area contributed by atoms with Gasteiger partial charge >= 0.3 is 0 Å². The lowest BCUT2D eigenvalue weighted by Gasteiger charge is -2.26. The first-order valence-corrected chi connectivity index (χ1v) is 11.5. The number of amides is 2. The number of piperidine rings is 1. The van der Waals surface area contributed by atoms with E-state index in [1.54, 1.807) is 11.3 Å². The molecule has 1 aromatic carbocycles. The standard InChI is InChI=1S/C22H23N3O2S2/c1-15-19(29-21(24-15)18-9-12-28-14-18)20(26)23-13-16-5-7-17(8-6-16)22(27)25-10-3-2-4-11-25/h5-9,12,14H,2-4,10-11,13H2,1H3,(H,23,26). The van der Waals surface area contributed by atoms with E-state index in [0.29, 0.717) is 17.0 Å². The summed E-state index contributed by atoms with van der Waals surface area (Å²) in [6.45, 7) is 3.97. The molecule has 1 fully saturated rings. The maximum atomic E-state index is 12.6. The van der Waals surface area contributed by atoms with Gasteiger partial charge in [0.15, 0.2) is 0 Å². The van der Waals surface area contributed by atoms with Gasteiger partial charge in [0.05, 0.1) is 5.69 Å². The van der Waals surface area contributed by atoms with Crippen molar-refractivity contribution in [1.29, 1.82) is 0 Å². The van der Waals surface area contributed by atoms with E-state index in [2.05, 4.69) is 10.3 Å². The minimum absolute atomic E-state index is 0.0986. The van der Waals surface area contributed by atoms with Crippen LogP contribution in [0.2, 0.25) is 0 Å². The van der Waals surface area contributed by atoms with Gasteiger partial charge in [-0.15, -0.1) is 11.3 Å². The van der Waals surface area contributed by atoms with E-state index in [-0.39, 0.29) is 11.8 Å². The van der Waals surface area contributed by atoms with Crippen LogP contribution in [-0.4, -0.2) is 34.8 Å². The van der Waals surface area contributed by atoms with Gasteiger partial charge in [-0.3, -0.25) is 9.59 Å². The van der Waals surface area contributed by atoms with Crippen molar-refractivity contribution >= 4 is 34.5 Å². The number of carbonyl (C=O) groups excluding carboxylic acids is 2. The number of nitrogens with one attached hydrogen (secondary N) is 1. The first kappa shape index (κ1) is 19.8. The maximum absolute atomic E-state index is 12.6. The fraction of sp³-hybridized carbons (Fsp3) is 0.318. The lowest BCUT2D eigenvalue weighted by atomic mass is 10.1. The topological polar surface area (TPSA) is 62.3 Å². The third-order valence-corrected chi connectivity index (χ3v) is 6.96. The molecule has 1 aliphatic heterocycles. The van der Waals surface area contributed by atoms with Crippen molar-refractivity contribution in [3.8, 4) is 10.6 Å². The van der Waals surface area contributed by atoms with Crippen molar-refractivity contribution < 1.29 is 9.59 Å². The van der Waals surface area contributed by atoms with Crippen molar-refractivity contribution in [3.63, 3.8) is 0 Å². The SMILES string of the molecule is Cc1nc(-c2ccsc2)sc1C(=O)NCc1ccc(C(=O)N2CCCCC2)cc1. The molecule has 7 heteroatoms. The average molecular weight is 426 g/mol. The van der Waals surface area contributed by atoms with Crippen LogP contribution in [0.25, 0.3) is 10.6 Å². The lowest BCUT2D eigenvalue weighted by Crippen LogP contribution is -2.35. The molecule has 0 unspecified atom stereocenters. The molecule has 4 rings (SSSR count). The zero-order valence-electron chi connectivity index (χ0n) is 16.3. The fourth-order valence-electron chi connectivity index (χ4n) is 3.42. The van der Waals surface area contributed by atoms with Crippen LogP contribution in [0.4, 0.5) is 0 Å². The molecule has 2 amide bonds. The van der Waals surface area contributed by atoms with Gasteiger partial charge < -0.3 is 10.2 Å². The van der Waals surface area contributed by atoms with Crippen molar-refractivity contribution in [3.05, 3.63) is 62.8 Å². The summed E-state index contributed by atoms with van der Waals surface area (Å²) in [5, 5.41) is 7.88. The number of benzene rings is 1. The molecule has 0 bridgehead atoms. The van der Waals surface area contributed by atoms with E-state index >= 15 is 0 Å². The highest BCUT2D eigenvalue weighted by molar-refractivity contribution is 7.17. The number of thiophene rings is 1. The van der Waals surface area contributed by atoms with Crippen LogP contribution < -0.4 is 5.32 Å². The van der Waals surface area contributed by atoms with Gasteiger partial charge in [-0.25, -0.2) is 4.98 Å². The zero-order chi connectivity index (χ0) is 20.2. The summed E-state index contributed by atoms with van der Waals surface area (Å²) >= 11 is 3.03. The van der Waals surface area contributed by atoms with Gasteiger partial charge in [0.2, 0.25) is 0 Å². The van der Waals surface area contributed by atoms with Crippen LogP contribution in [0, 0.1) is 6.92 Å². The van der Waals surface area contributed by atoms with Crippen molar-refractivity contribution in [2.75, 3.05) is 13.1 Å². The van der Waals surface area contributed by atoms with Gasteiger partial charge in [-0.05, 0) is 55.3 Å². The average Bonchev–Trinajstić information content (AvgIpc) is 3.42. The highest BCUT2D eigenvalue weighted by atomic mass is 32.1. The number of carbonyl (C=O) groups is 2. The molecule has 1 aliphatic rings. The molecule has 2 aromatic heterocycles. The summed E-state index contributed by atoms with van der Waals surface area (Å²) in [5.74, 6) is -0.0171. The molecule has 0 spiro atoms. The summed E-state index contributed by atoms with van der Waals surface area (Å²) in [6.07, 6.45) is 3.37. The number of hydrogen-bond donors (Lipinski definition) is 1. The third-order valence-electron chi connectivity index (χ3n) is 5.07. The normalized spacial score (nSPS) is 14.0. The number of rotatable bonds is 5. The van der Waals surface area contributed by atoms with Gasteiger partial charge in [0, 0.05) is 36.1 Å². The first-order valence-electron chi connectivity index (χ1n) is 9.78. The molecule has 0 atom stereocenters. The molecule has 29 heavy (non-hydrogen) atoms. The van der Waals surface area contributed by atoms with E-state index in [1.165, 1.54) is 17.8 Å². The molecule has 0 aliphatic carbocycles. The minimum atomic E-state index is -0.116. The van der Waals surface area contributed by atoms with Crippen molar-refractivity contribution in [2.24, 2.45) is 0 Å². The second kappa shape index (κ2) is 8.88. The Labute approximate surface area is 178 Å². The largest absolute Gasteiger partial charge is 0.347 e. The molecule has 150 valence electrons.